The van der Waals surface area contributed by atoms with Crippen LogP contribution in [0.25, 0.3) is 0 Å². The molecule has 68 valence electrons. The van der Waals surface area contributed by atoms with E-state index in [0.717, 1.165) is 17.3 Å². The lowest BCUT2D eigenvalue weighted by atomic mass is 9.98. The predicted molar refractivity (Wildman–Crippen MR) is 66.8 cm³/mol. The van der Waals surface area contributed by atoms with E-state index in [4.69, 9.17) is 0 Å². The van der Waals surface area contributed by atoms with Gasteiger partial charge >= 0.3 is 0 Å². The molecule has 0 aromatic carbocycles. The van der Waals surface area contributed by atoms with Gasteiger partial charge in [-0.1, -0.05) is 65.5 Å². The first-order valence-corrected chi connectivity index (χ1v) is 6.77. The lowest BCUT2D eigenvalue weighted by Gasteiger charge is -2.18. The summed E-state index contributed by atoms with van der Waals surface area (Å²) >= 11 is 4.77. The van der Waals surface area contributed by atoms with Crippen molar-refractivity contribution in [3.8, 4) is 0 Å². The zero-order valence-electron chi connectivity index (χ0n) is 7.06. The number of hydrogen-bond donors (Lipinski definition) is 1. The third-order valence-corrected chi connectivity index (χ3v) is 5.66. The van der Waals surface area contributed by atoms with Crippen LogP contribution in [0.5, 0.6) is 0 Å². The van der Waals surface area contributed by atoms with Crippen LogP contribution >= 0.6 is 45.2 Å². The molecule has 3 heteroatoms. The minimum Gasteiger partial charge on any atom is -0.393 e. The predicted octanol–water partition coefficient (Wildman–Crippen LogP) is 3.02. The van der Waals surface area contributed by atoms with Crippen LogP contribution < -0.4 is 0 Å². The molecule has 3 atom stereocenters. The first kappa shape index (κ1) is 12.4. The molecule has 0 spiro atoms. The number of halogens is 2. The Kier molecular flexibility index (Phi) is 7.77. The molecular formula is C8H16I2O. The Morgan fingerprint density at radius 1 is 1.45 bits per heavy atom. The lowest BCUT2D eigenvalue weighted by Crippen LogP contribution is -2.21. The van der Waals surface area contributed by atoms with Gasteiger partial charge in [-0.25, -0.2) is 0 Å². The van der Waals surface area contributed by atoms with Gasteiger partial charge in [0.25, 0.3) is 0 Å². The Bertz CT molecular complexity index is 98.1. The van der Waals surface area contributed by atoms with Gasteiger partial charge < -0.3 is 5.11 Å². The van der Waals surface area contributed by atoms with Crippen LogP contribution in [0, 0.1) is 5.92 Å². The van der Waals surface area contributed by atoms with Crippen LogP contribution in [0.3, 0.4) is 0 Å². The van der Waals surface area contributed by atoms with Crippen molar-refractivity contribution in [1.82, 2.24) is 0 Å². The summed E-state index contributed by atoms with van der Waals surface area (Å²) in [6.45, 7) is 4.24. The molecule has 3 unspecified atom stereocenters. The molecule has 0 aliphatic rings. The highest BCUT2D eigenvalue weighted by Gasteiger charge is 2.15. The lowest BCUT2D eigenvalue weighted by molar-refractivity contribution is 0.108. The molecule has 1 nitrogen and oxygen atoms in total. The molecule has 0 aromatic rings. The van der Waals surface area contributed by atoms with Crippen molar-refractivity contribution >= 4 is 45.2 Å². The minimum atomic E-state index is -0.100. The second kappa shape index (κ2) is 6.88. The van der Waals surface area contributed by atoms with E-state index in [1.165, 1.54) is 0 Å². The average Bonchev–Trinajstić information content (AvgIpc) is 2.02. The maximum atomic E-state index is 9.61. The molecule has 11 heavy (non-hydrogen) atoms. The molecule has 0 aliphatic carbocycles. The van der Waals surface area contributed by atoms with Gasteiger partial charge in [0.1, 0.15) is 0 Å². The van der Waals surface area contributed by atoms with Crippen LogP contribution in [-0.4, -0.2) is 19.6 Å². The highest BCUT2D eigenvalue weighted by atomic mass is 127. The van der Waals surface area contributed by atoms with Crippen molar-refractivity contribution in [2.45, 2.75) is 36.7 Å². The normalized spacial score (nSPS) is 19.4. The van der Waals surface area contributed by atoms with Crippen molar-refractivity contribution in [2.75, 3.05) is 4.43 Å². The van der Waals surface area contributed by atoms with Crippen LogP contribution in [0.15, 0.2) is 0 Å². The summed E-state index contributed by atoms with van der Waals surface area (Å²) in [6, 6.07) is 0. The van der Waals surface area contributed by atoms with Crippen molar-refractivity contribution in [3.05, 3.63) is 0 Å². The quantitative estimate of drug-likeness (QED) is 0.573. The average molecular weight is 382 g/mol. The van der Waals surface area contributed by atoms with Crippen LogP contribution in [0.4, 0.5) is 0 Å². The molecule has 0 radical (unpaired) electrons. The van der Waals surface area contributed by atoms with Gasteiger partial charge in [0.05, 0.1) is 6.10 Å². The first-order chi connectivity index (χ1) is 5.11. The van der Waals surface area contributed by atoms with E-state index in [2.05, 4.69) is 59.0 Å². The second-order valence-corrected chi connectivity index (χ2v) is 5.58. The fraction of sp³-hybridized carbons (Fsp3) is 1.00. The van der Waals surface area contributed by atoms with Crippen molar-refractivity contribution in [1.29, 1.82) is 0 Å². The summed E-state index contributed by atoms with van der Waals surface area (Å²) < 4.78 is 1.75. The summed E-state index contributed by atoms with van der Waals surface area (Å²) in [7, 11) is 0. The van der Waals surface area contributed by atoms with E-state index < -0.39 is 0 Å². The molecule has 0 aromatic heterocycles. The van der Waals surface area contributed by atoms with E-state index in [1.807, 2.05) is 0 Å². The Morgan fingerprint density at radius 3 is 2.36 bits per heavy atom. The number of alkyl halides is 2. The highest BCUT2D eigenvalue weighted by Crippen LogP contribution is 2.18. The molecule has 0 amide bonds. The van der Waals surface area contributed by atoms with Gasteiger partial charge in [-0.15, -0.1) is 0 Å². The maximum absolute atomic E-state index is 9.61. The summed E-state index contributed by atoms with van der Waals surface area (Å²) in [6.07, 6.45) is 1.92. The van der Waals surface area contributed by atoms with Crippen molar-refractivity contribution in [3.63, 3.8) is 0 Å². The monoisotopic (exact) mass is 382 g/mol. The van der Waals surface area contributed by atoms with E-state index in [0.29, 0.717) is 9.84 Å². The molecule has 0 bridgehead atoms. The molecule has 0 aliphatic heterocycles. The SMILES string of the molecule is CCC(C)C(O)CC(I)CI. The molecule has 0 saturated heterocycles. The molecule has 1 N–H and O–H groups in total. The minimum absolute atomic E-state index is 0.100. The second-order valence-electron chi connectivity index (χ2n) is 2.94. The molecule has 0 heterocycles. The Labute approximate surface area is 96.6 Å². The molecule has 0 fully saturated rings. The van der Waals surface area contributed by atoms with E-state index in [9.17, 15) is 5.11 Å². The maximum Gasteiger partial charge on any atom is 0.0575 e. The van der Waals surface area contributed by atoms with Crippen LogP contribution in [0.2, 0.25) is 0 Å². The summed E-state index contributed by atoms with van der Waals surface area (Å²) in [5.41, 5.74) is 0. The zero-order chi connectivity index (χ0) is 8.85. The third-order valence-electron chi connectivity index (χ3n) is 1.97. The zero-order valence-corrected chi connectivity index (χ0v) is 11.4. The first-order valence-electron chi connectivity index (χ1n) is 3.99. The fourth-order valence-electron chi connectivity index (χ4n) is 0.829. The Hall–Kier alpha value is 1.42. The van der Waals surface area contributed by atoms with Crippen molar-refractivity contribution in [2.24, 2.45) is 5.92 Å². The number of rotatable bonds is 5. The number of aliphatic hydroxyl groups is 1. The van der Waals surface area contributed by atoms with Gasteiger partial charge in [0.15, 0.2) is 0 Å². The van der Waals surface area contributed by atoms with Gasteiger partial charge in [-0.3, -0.25) is 0 Å². The van der Waals surface area contributed by atoms with Gasteiger partial charge in [-0.2, -0.15) is 0 Å². The molecular weight excluding hydrogens is 366 g/mol. The summed E-state index contributed by atoms with van der Waals surface area (Å²) in [4.78, 5) is 0. The third kappa shape index (κ3) is 5.63. The van der Waals surface area contributed by atoms with E-state index in [-0.39, 0.29) is 6.10 Å². The van der Waals surface area contributed by atoms with Gasteiger partial charge in [0, 0.05) is 8.35 Å². The van der Waals surface area contributed by atoms with Crippen LogP contribution in [0.1, 0.15) is 26.7 Å². The van der Waals surface area contributed by atoms with E-state index >= 15 is 0 Å². The Morgan fingerprint density at radius 2 is 2.00 bits per heavy atom. The molecule has 0 rings (SSSR count). The van der Waals surface area contributed by atoms with Gasteiger partial charge in [-0.05, 0) is 12.3 Å². The Balaban J connectivity index is 3.58. The van der Waals surface area contributed by atoms with Gasteiger partial charge in [0.2, 0.25) is 0 Å². The summed E-state index contributed by atoms with van der Waals surface area (Å²) in [5, 5.41) is 9.61. The standard InChI is InChI=1S/C8H16I2O/c1-3-6(2)8(11)4-7(10)5-9/h6-8,11H,3-5H2,1-2H3. The highest BCUT2D eigenvalue weighted by molar-refractivity contribution is 14.1. The van der Waals surface area contributed by atoms with Crippen LogP contribution in [-0.2, 0) is 0 Å². The topological polar surface area (TPSA) is 20.2 Å². The fourth-order valence-corrected chi connectivity index (χ4v) is 1.71. The number of aliphatic hydroxyl groups excluding tert-OH is 1. The largest absolute Gasteiger partial charge is 0.393 e. The molecule has 0 saturated carbocycles. The van der Waals surface area contributed by atoms with Crippen molar-refractivity contribution < 1.29 is 5.11 Å². The smallest absolute Gasteiger partial charge is 0.0575 e. The number of hydrogen-bond acceptors (Lipinski definition) is 1. The van der Waals surface area contributed by atoms with E-state index in [1.54, 1.807) is 0 Å². The summed E-state index contributed by atoms with van der Waals surface area (Å²) in [5.74, 6) is 0.454.